The predicted octanol–water partition coefficient (Wildman–Crippen LogP) is 1.88. The molecule has 5 heteroatoms. The maximum atomic E-state index is 11.3. The Balaban J connectivity index is 2.31. The highest BCUT2D eigenvalue weighted by Crippen LogP contribution is 2.26. The van der Waals surface area contributed by atoms with Gasteiger partial charge in [-0.1, -0.05) is 36.1 Å². The van der Waals surface area contributed by atoms with Crippen LogP contribution in [-0.2, 0) is 4.79 Å². The van der Waals surface area contributed by atoms with Crippen molar-refractivity contribution in [3.8, 4) is 5.75 Å². The van der Waals surface area contributed by atoms with Gasteiger partial charge in [-0.25, -0.2) is 0 Å². The van der Waals surface area contributed by atoms with E-state index < -0.39 is 0 Å². The Kier molecular flexibility index (Phi) is 2.75. The number of hydrogen-bond donors (Lipinski definition) is 2. The highest BCUT2D eigenvalue weighted by molar-refractivity contribution is 8.26. The van der Waals surface area contributed by atoms with E-state index in [1.165, 1.54) is 11.8 Å². The van der Waals surface area contributed by atoms with Crippen LogP contribution in [0.3, 0.4) is 0 Å². The van der Waals surface area contributed by atoms with Crippen molar-refractivity contribution in [1.82, 2.24) is 5.32 Å². The van der Waals surface area contributed by atoms with Gasteiger partial charge >= 0.3 is 0 Å². The van der Waals surface area contributed by atoms with Gasteiger partial charge < -0.3 is 10.4 Å². The number of thiocarbonyl (C=S) groups is 1. The normalized spacial score (nSPS) is 18.3. The Morgan fingerprint density at radius 3 is 2.87 bits per heavy atom. The lowest BCUT2D eigenvalue weighted by atomic mass is 10.2. The molecule has 0 aliphatic carbocycles. The standard InChI is InChI=1S/C10H7NO2S2/c12-7-3-1-2-6(4-7)5-8-9(13)11-10(14)15-8/h1-5,12H,(H,11,13,14)/b8-5+. The minimum Gasteiger partial charge on any atom is -0.508 e. The number of aromatic hydroxyl groups is 1. The number of hydrogen-bond acceptors (Lipinski definition) is 4. The number of amides is 1. The molecule has 1 fully saturated rings. The molecular weight excluding hydrogens is 230 g/mol. The van der Waals surface area contributed by atoms with Crippen LogP contribution in [0, 0.1) is 0 Å². The molecule has 0 saturated carbocycles. The summed E-state index contributed by atoms with van der Waals surface area (Å²) in [4.78, 5) is 11.9. The number of carbonyl (C=O) groups is 1. The van der Waals surface area contributed by atoms with Gasteiger partial charge in [0.1, 0.15) is 10.1 Å². The molecule has 1 aromatic carbocycles. The number of thioether (sulfide) groups is 1. The smallest absolute Gasteiger partial charge is 0.263 e. The fourth-order valence-electron chi connectivity index (χ4n) is 1.19. The average molecular weight is 237 g/mol. The van der Waals surface area contributed by atoms with Crippen molar-refractivity contribution in [3.05, 3.63) is 34.7 Å². The first kappa shape index (κ1) is 10.2. The van der Waals surface area contributed by atoms with E-state index in [0.717, 1.165) is 5.56 Å². The molecule has 76 valence electrons. The summed E-state index contributed by atoms with van der Waals surface area (Å²) in [7, 11) is 0. The molecule has 2 N–H and O–H groups in total. The highest BCUT2D eigenvalue weighted by atomic mass is 32.2. The molecule has 1 amide bonds. The second kappa shape index (κ2) is 4.04. The number of benzene rings is 1. The minimum absolute atomic E-state index is 0.176. The zero-order valence-electron chi connectivity index (χ0n) is 7.56. The van der Waals surface area contributed by atoms with Crippen molar-refractivity contribution >= 4 is 40.3 Å². The van der Waals surface area contributed by atoms with Crippen LogP contribution in [0.2, 0.25) is 0 Å². The van der Waals surface area contributed by atoms with Crippen LogP contribution < -0.4 is 5.32 Å². The zero-order chi connectivity index (χ0) is 10.8. The first-order valence-electron chi connectivity index (χ1n) is 4.19. The van der Waals surface area contributed by atoms with Gasteiger partial charge in [0.2, 0.25) is 0 Å². The van der Waals surface area contributed by atoms with E-state index in [0.29, 0.717) is 9.23 Å². The quantitative estimate of drug-likeness (QED) is 0.578. The van der Waals surface area contributed by atoms with E-state index in [4.69, 9.17) is 12.2 Å². The van der Waals surface area contributed by atoms with Crippen molar-refractivity contribution in [2.45, 2.75) is 0 Å². The summed E-state index contributed by atoms with van der Waals surface area (Å²) < 4.78 is 0.464. The molecule has 2 rings (SSSR count). The summed E-state index contributed by atoms with van der Waals surface area (Å²) in [6.45, 7) is 0. The number of phenols is 1. The minimum atomic E-state index is -0.187. The molecular formula is C10H7NO2S2. The maximum Gasteiger partial charge on any atom is 0.263 e. The van der Waals surface area contributed by atoms with Crippen LogP contribution in [-0.4, -0.2) is 15.3 Å². The Bertz CT molecular complexity index is 468. The molecule has 0 unspecified atom stereocenters. The van der Waals surface area contributed by atoms with Crippen LogP contribution in [0.1, 0.15) is 5.56 Å². The molecule has 1 aromatic rings. The first-order chi connectivity index (χ1) is 7.15. The Morgan fingerprint density at radius 1 is 1.47 bits per heavy atom. The molecule has 3 nitrogen and oxygen atoms in total. The van der Waals surface area contributed by atoms with E-state index in [-0.39, 0.29) is 11.7 Å². The second-order valence-corrected chi connectivity index (χ2v) is 4.67. The van der Waals surface area contributed by atoms with Gasteiger partial charge in [0, 0.05) is 0 Å². The molecule has 0 aromatic heterocycles. The van der Waals surface area contributed by atoms with E-state index in [1.807, 2.05) is 6.07 Å². The summed E-state index contributed by atoms with van der Waals surface area (Å²) in [5, 5.41) is 11.8. The van der Waals surface area contributed by atoms with Gasteiger partial charge in [0.05, 0.1) is 4.91 Å². The van der Waals surface area contributed by atoms with E-state index in [2.05, 4.69) is 5.32 Å². The lowest BCUT2D eigenvalue weighted by molar-refractivity contribution is -0.115. The molecule has 0 atom stereocenters. The summed E-state index contributed by atoms with van der Waals surface area (Å²) in [5.41, 5.74) is 0.775. The van der Waals surface area contributed by atoms with Crippen molar-refractivity contribution < 1.29 is 9.90 Å². The molecule has 1 aliphatic heterocycles. The van der Waals surface area contributed by atoms with Crippen molar-refractivity contribution in [1.29, 1.82) is 0 Å². The lowest BCUT2D eigenvalue weighted by Crippen LogP contribution is -2.17. The van der Waals surface area contributed by atoms with E-state index in [1.54, 1.807) is 24.3 Å². The SMILES string of the molecule is O=C1NC(=S)S/C1=C/c1cccc(O)c1. The molecule has 0 bridgehead atoms. The third kappa shape index (κ3) is 2.37. The third-order valence-corrected chi connectivity index (χ3v) is 2.97. The molecule has 0 radical (unpaired) electrons. The Hall–Kier alpha value is -1.33. The Morgan fingerprint density at radius 2 is 2.27 bits per heavy atom. The third-order valence-electron chi connectivity index (χ3n) is 1.81. The lowest BCUT2D eigenvalue weighted by Gasteiger charge is -1.95. The topological polar surface area (TPSA) is 49.3 Å². The molecule has 1 saturated heterocycles. The molecule has 0 spiro atoms. The van der Waals surface area contributed by atoms with Crippen LogP contribution >= 0.6 is 24.0 Å². The van der Waals surface area contributed by atoms with Crippen LogP contribution in [0.25, 0.3) is 6.08 Å². The van der Waals surface area contributed by atoms with E-state index in [9.17, 15) is 9.90 Å². The number of carbonyl (C=O) groups excluding carboxylic acids is 1. The van der Waals surface area contributed by atoms with Crippen LogP contribution in [0.4, 0.5) is 0 Å². The fourth-order valence-corrected chi connectivity index (χ4v) is 2.23. The van der Waals surface area contributed by atoms with Gasteiger partial charge in [-0.05, 0) is 23.8 Å². The summed E-state index contributed by atoms with van der Waals surface area (Å²) in [6, 6.07) is 6.69. The number of rotatable bonds is 1. The molecule has 1 heterocycles. The van der Waals surface area contributed by atoms with Gasteiger partial charge in [-0.3, -0.25) is 4.79 Å². The predicted molar refractivity (Wildman–Crippen MR) is 64.4 cm³/mol. The first-order valence-corrected chi connectivity index (χ1v) is 5.41. The molecule has 1 aliphatic rings. The maximum absolute atomic E-state index is 11.3. The van der Waals surface area contributed by atoms with Crippen molar-refractivity contribution in [3.63, 3.8) is 0 Å². The number of nitrogens with one attached hydrogen (secondary N) is 1. The average Bonchev–Trinajstić information content (AvgIpc) is 2.45. The number of phenolic OH excluding ortho intramolecular Hbond substituents is 1. The fraction of sp³-hybridized carbons (Fsp3) is 0. The summed E-state index contributed by atoms with van der Waals surface area (Å²) in [5.74, 6) is -0.0105. The monoisotopic (exact) mass is 237 g/mol. The second-order valence-electron chi connectivity index (χ2n) is 2.95. The zero-order valence-corrected chi connectivity index (χ0v) is 9.19. The van der Waals surface area contributed by atoms with E-state index >= 15 is 0 Å². The Labute approximate surface area is 96.2 Å². The van der Waals surface area contributed by atoms with Gasteiger partial charge in [0.25, 0.3) is 5.91 Å². The van der Waals surface area contributed by atoms with Crippen molar-refractivity contribution in [2.75, 3.05) is 0 Å². The van der Waals surface area contributed by atoms with Crippen LogP contribution in [0.15, 0.2) is 29.2 Å². The van der Waals surface area contributed by atoms with Crippen LogP contribution in [0.5, 0.6) is 5.75 Å². The van der Waals surface area contributed by atoms with Crippen molar-refractivity contribution in [2.24, 2.45) is 0 Å². The largest absolute Gasteiger partial charge is 0.508 e. The highest BCUT2D eigenvalue weighted by Gasteiger charge is 2.21. The summed E-state index contributed by atoms with van der Waals surface area (Å²) >= 11 is 6.08. The van der Waals surface area contributed by atoms with Gasteiger partial charge in [-0.2, -0.15) is 0 Å². The van der Waals surface area contributed by atoms with Gasteiger partial charge in [-0.15, -0.1) is 0 Å². The summed E-state index contributed by atoms with van der Waals surface area (Å²) in [6.07, 6.45) is 1.69. The molecule has 15 heavy (non-hydrogen) atoms. The van der Waals surface area contributed by atoms with Gasteiger partial charge in [0.15, 0.2) is 0 Å².